The van der Waals surface area contributed by atoms with Gasteiger partial charge in [0, 0.05) is 29.5 Å². The summed E-state index contributed by atoms with van der Waals surface area (Å²) in [7, 11) is 0. The lowest BCUT2D eigenvalue weighted by Gasteiger charge is -2.31. The molecule has 2 aromatic rings. The van der Waals surface area contributed by atoms with Crippen molar-refractivity contribution in [2.24, 2.45) is 5.73 Å². The fourth-order valence-corrected chi connectivity index (χ4v) is 3.34. The number of benzene rings is 1. The van der Waals surface area contributed by atoms with Crippen molar-refractivity contribution in [3.8, 4) is 0 Å². The van der Waals surface area contributed by atoms with Gasteiger partial charge in [-0.15, -0.1) is 11.3 Å². The van der Waals surface area contributed by atoms with Crippen LogP contribution in [0.5, 0.6) is 0 Å². The largest absolute Gasteiger partial charge is 0.395 e. The van der Waals surface area contributed by atoms with Crippen LogP contribution in [0, 0.1) is 13.8 Å². The number of aryl methyl sites for hydroxylation is 2. The van der Waals surface area contributed by atoms with E-state index in [9.17, 15) is 5.11 Å². The Bertz CT molecular complexity index is 547. The van der Waals surface area contributed by atoms with Crippen LogP contribution in [0.15, 0.2) is 29.6 Å². The van der Waals surface area contributed by atoms with Crippen LogP contribution >= 0.6 is 11.3 Å². The lowest BCUT2D eigenvalue weighted by Crippen LogP contribution is -2.41. The van der Waals surface area contributed by atoms with Crippen LogP contribution < -0.4 is 5.73 Å². The summed E-state index contributed by atoms with van der Waals surface area (Å²) in [5.41, 5.74) is 8.86. The third-order valence-corrected chi connectivity index (χ3v) is 4.53. The molecule has 0 fully saturated rings. The van der Waals surface area contributed by atoms with E-state index in [1.54, 1.807) is 11.3 Å². The minimum absolute atomic E-state index is 0.0347. The van der Waals surface area contributed by atoms with Crippen LogP contribution in [-0.2, 0) is 11.8 Å². The third-order valence-electron chi connectivity index (χ3n) is 3.57. The van der Waals surface area contributed by atoms with Gasteiger partial charge in [-0.1, -0.05) is 24.3 Å². The number of nitrogens with zero attached hydrogens (tertiary/aromatic N) is 1. The molecule has 0 amide bonds. The van der Waals surface area contributed by atoms with Crippen molar-refractivity contribution in [3.05, 3.63) is 51.5 Å². The van der Waals surface area contributed by atoms with Crippen molar-refractivity contribution in [2.75, 3.05) is 13.2 Å². The highest BCUT2D eigenvalue weighted by Gasteiger charge is 2.32. The zero-order valence-electron chi connectivity index (χ0n) is 11.4. The second-order valence-corrected chi connectivity index (χ2v) is 5.96. The lowest BCUT2D eigenvalue weighted by molar-refractivity contribution is 0.195. The van der Waals surface area contributed by atoms with E-state index in [0.29, 0.717) is 13.0 Å². The Balaban J connectivity index is 2.40. The summed E-state index contributed by atoms with van der Waals surface area (Å²) >= 11 is 1.63. The Morgan fingerprint density at radius 3 is 2.58 bits per heavy atom. The average Bonchev–Trinajstić information content (AvgIpc) is 2.82. The van der Waals surface area contributed by atoms with Gasteiger partial charge in [0.25, 0.3) is 0 Å². The number of thiazole rings is 1. The summed E-state index contributed by atoms with van der Waals surface area (Å²) in [6, 6.07) is 8.11. The smallest absolute Gasteiger partial charge is 0.0938 e. The van der Waals surface area contributed by atoms with Crippen molar-refractivity contribution in [2.45, 2.75) is 25.7 Å². The van der Waals surface area contributed by atoms with Gasteiger partial charge >= 0.3 is 0 Å². The van der Waals surface area contributed by atoms with E-state index >= 15 is 0 Å². The number of aliphatic hydroxyl groups is 1. The van der Waals surface area contributed by atoms with Crippen LogP contribution in [-0.4, -0.2) is 23.2 Å². The molecule has 0 bridgehead atoms. The monoisotopic (exact) mass is 276 g/mol. The zero-order chi connectivity index (χ0) is 13.9. The molecule has 0 aliphatic carbocycles. The first-order valence-electron chi connectivity index (χ1n) is 6.39. The molecule has 2 rings (SSSR count). The molecule has 0 aliphatic heterocycles. The predicted molar refractivity (Wildman–Crippen MR) is 79.6 cm³/mol. The highest BCUT2D eigenvalue weighted by atomic mass is 32.1. The van der Waals surface area contributed by atoms with Gasteiger partial charge in [-0.3, -0.25) is 0 Å². The predicted octanol–water partition coefficient (Wildman–Crippen LogP) is 2.19. The molecule has 1 atom stereocenters. The van der Waals surface area contributed by atoms with E-state index in [0.717, 1.165) is 21.8 Å². The molecule has 0 saturated heterocycles. The van der Waals surface area contributed by atoms with Gasteiger partial charge in [0.05, 0.1) is 11.6 Å². The molecular weight excluding hydrogens is 256 g/mol. The van der Waals surface area contributed by atoms with E-state index in [4.69, 9.17) is 5.73 Å². The fourth-order valence-electron chi connectivity index (χ4n) is 2.42. The SMILES string of the molecule is Cc1csc(CC(CN)(CO)c2ccccc2C)n1. The Kier molecular flexibility index (Phi) is 4.34. The number of aliphatic hydroxyl groups excluding tert-OH is 1. The molecule has 19 heavy (non-hydrogen) atoms. The molecule has 0 spiro atoms. The maximum atomic E-state index is 9.92. The molecule has 102 valence electrons. The Morgan fingerprint density at radius 2 is 2.05 bits per heavy atom. The van der Waals surface area contributed by atoms with Gasteiger partial charge in [-0.25, -0.2) is 4.98 Å². The van der Waals surface area contributed by atoms with Gasteiger partial charge in [0.2, 0.25) is 0 Å². The van der Waals surface area contributed by atoms with E-state index in [1.165, 1.54) is 0 Å². The minimum atomic E-state index is -0.435. The lowest BCUT2D eigenvalue weighted by atomic mass is 9.76. The number of hydrogen-bond donors (Lipinski definition) is 2. The Labute approximate surface area is 118 Å². The van der Waals surface area contributed by atoms with Crippen molar-refractivity contribution in [1.29, 1.82) is 0 Å². The second kappa shape index (κ2) is 5.82. The first-order chi connectivity index (χ1) is 9.11. The van der Waals surface area contributed by atoms with E-state index in [2.05, 4.69) is 24.0 Å². The first-order valence-corrected chi connectivity index (χ1v) is 7.27. The molecule has 0 saturated carbocycles. The number of aromatic nitrogens is 1. The second-order valence-electron chi connectivity index (χ2n) is 5.02. The molecular formula is C15H20N2OS. The topological polar surface area (TPSA) is 59.1 Å². The molecule has 0 aliphatic rings. The van der Waals surface area contributed by atoms with Gasteiger partial charge < -0.3 is 10.8 Å². The number of rotatable bonds is 5. The van der Waals surface area contributed by atoms with Gasteiger partial charge in [-0.05, 0) is 25.0 Å². The van der Waals surface area contributed by atoms with Gasteiger partial charge in [0.1, 0.15) is 0 Å². The van der Waals surface area contributed by atoms with Gasteiger partial charge in [-0.2, -0.15) is 0 Å². The maximum absolute atomic E-state index is 9.92. The van der Waals surface area contributed by atoms with Crippen LogP contribution in [0.25, 0.3) is 0 Å². The molecule has 1 unspecified atom stereocenters. The zero-order valence-corrected chi connectivity index (χ0v) is 12.2. The molecule has 3 nitrogen and oxygen atoms in total. The fraction of sp³-hybridized carbons (Fsp3) is 0.400. The molecule has 3 N–H and O–H groups in total. The average molecular weight is 276 g/mol. The van der Waals surface area contributed by atoms with Crippen LogP contribution in [0.4, 0.5) is 0 Å². The number of hydrogen-bond acceptors (Lipinski definition) is 4. The number of nitrogens with two attached hydrogens (primary N) is 1. The quantitative estimate of drug-likeness (QED) is 0.880. The van der Waals surface area contributed by atoms with E-state index in [-0.39, 0.29) is 6.61 Å². The molecule has 0 radical (unpaired) electrons. The summed E-state index contributed by atoms with van der Waals surface area (Å²) < 4.78 is 0. The van der Waals surface area contributed by atoms with Gasteiger partial charge in [0.15, 0.2) is 0 Å². The molecule has 1 aromatic carbocycles. The summed E-state index contributed by atoms with van der Waals surface area (Å²) in [5, 5.41) is 13.0. The van der Waals surface area contributed by atoms with Crippen LogP contribution in [0.1, 0.15) is 21.8 Å². The van der Waals surface area contributed by atoms with Crippen molar-refractivity contribution in [1.82, 2.24) is 4.98 Å². The minimum Gasteiger partial charge on any atom is -0.395 e. The first kappa shape index (κ1) is 14.2. The Hall–Kier alpha value is -1.23. The third kappa shape index (κ3) is 2.86. The molecule has 1 heterocycles. The summed E-state index contributed by atoms with van der Waals surface area (Å²) in [5.74, 6) is 0. The van der Waals surface area contributed by atoms with Crippen LogP contribution in [0.2, 0.25) is 0 Å². The summed E-state index contributed by atoms with van der Waals surface area (Å²) in [4.78, 5) is 4.50. The van der Waals surface area contributed by atoms with E-state index < -0.39 is 5.41 Å². The summed E-state index contributed by atoms with van der Waals surface area (Å²) in [6.45, 7) is 4.49. The Morgan fingerprint density at radius 1 is 1.32 bits per heavy atom. The molecule has 1 aromatic heterocycles. The van der Waals surface area contributed by atoms with E-state index in [1.807, 2.05) is 24.4 Å². The van der Waals surface area contributed by atoms with Crippen molar-refractivity contribution < 1.29 is 5.11 Å². The van der Waals surface area contributed by atoms with Crippen LogP contribution in [0.3, 0.4) is 0 Å². The maximum Gasteiger partial charge on any atom is 0.0938 e. The molecule has 4 heteroatoms. The highest BCUT2D eigenvalue weighted by Crippen LogP contribution is 2.30. The van der Waals surface area contributed by atoms with Crippen molar-refractivity contribution in [3.63, 3.8) is 0 Å². The highest BCUT2D eigenvalue weighted by molar-refractivity contribution is 7.09. The standard InChI is InChI=1S/C15H20N2OS/c1-11-5-3-4-6-13(11)15(9-16,10-18)7-14-17-12(2)8-19-14/h3-6,8,18H,7,9-10,16H2,1-2H3. The summed E-state index contributed by atoms with van der Waals surface area (Å²) in [6.07, 6.45) is 0.684. The normalized spacial score (nSPS) is 14.3. The van der Waals surface area contributed by atoms with Crippen molar-refractivity contribution >= 4 is 11.3 Å².